The number of hydrogen-bond acceptors (Lipinski definition) is 4. The lowest BCUT2D eigenvalue weighted by Crippen LogP contribution is -2.42. The third-order valence-corrected chi connectivity index (χ3v) is 4.43. The summed E-state index contributed by atoms with van der Waals surface area (Å²) >= 11 is 0. The van der Waals surface area contributed by atoms with E-state index in [-0.39, 0.29) is 12.5 Å². The highest BCUT2D eigenvalue weighted by Crippen LogP contribution is 2.18. The largest absolute Gasteiger partial charge is 0.390 e. The number of carbonyl (C=O) groups excluding carboxylic acids is 1. The summed E-state index contributed by atoms with van der Waals surface area (Å²) in [5.41, 5.74) is 3.55. The van der Waals surface area contributed by atoms with Gasteiger partial charge in [0.2, 0.25) is 0 Å². The van der Waals surface area contributed by atoms with Crippen LogP contribution in [-0.4, -0.2) is 41.7 Å². The Labute approximate surface area is 147 Å². The average molecular weight is 335 g/mol. The molecule has 0 saturated heterocycles. The van der Waals surface area contributed by atoms with Crippen LogP contribution in [0.4, 0.5) is 0 Å². The zero-order valence-corrected chi connectivity index (χ0v) is 14.0. The van der Waals surface area contributed by atoms with Crippen molar-refractivity contribution in [2.24, 2.45) is 0 Å². The van der Waals surface area contributed by atoms with Gasteiger partial charge in [-0.3, -0.25) is 9.69 Å². The van der Waals surface area contributed by atoms with Crippen molar-refractivity contribution in [3.63, 3.8) is 0 Å². The second-order valence-corrected chi connectivity index (χ2v) is 6.31. The molecule has 0 bridgehead atoms. The van der Waals surface area contributed by atoms with Crippen LogP contribution in [0.15, 0.2) is 48.5 Å². The fourth-order valence-electron chi connectivity index (χ4n) is 3.12. The second kappa shape index (κ2) is 7.93. The number of β-amino-alcohol motifs (C(OH)–C–C–N with tert-alkyl or cyclic N) is 1. The highest BCUT2D eigenvalue weighted by atomic mass is 16.3. The van der Waals surface area contributed by atoms with Crippen molar-refractivity contribution in [2.75, 3.05) is 19.6 Å². The molecule has 25 heavy (non-hydrogen) atoms. The number of nitriles is 1. The third-order valence-electron chi connectivity index (χ3n) is 4.43. The van der Waals surface area contributed by atoms with Gasteiger partial charge in [0.1, 0.15) is 0 Å². The molecule has 1 unspecified atom stereocenters. The van der Waals surface area contributed by atoms with Gasteiger partial charge in [0.15, 0.2) is 0 Å². The average Bonchev–Trinajstić information content (AvgIpc) is 2.66. The monoisotopic (exact) mass is 335 g/mol. The van der Waals surface area contributed by atoms with Gasteiger partial charge in [0.05, 0.1) is 17.7 Å². The van der Waals surface area contributed by atoms with E-state index in [1.807, 2.05) is 12.1 Å². The first-order valence-electron chi connectivity index (χ1n) is 8.41. The van der Waals surface area contributed by atoms with E-state index in [4.69, 9.17) is 5.26 Å². The number of aliphatic hydroxyl groups excluding tert-OH is 1. The molecule has 2 aromatic carbocycles. The topological polar surface area (TPSA) is 76.4 Å². The minimum atomic E-state index is -0.631. The molecule has 1 amide bonds. The summed E-state index contributed by atoms with van der Waals surface area (Å²) in [6.45, 7) is 2.44. The smallest absolute Gasteiger partial charge is 0.251 e. The van der Waals surface area contributed by atoms with Gasteiger partial charge in [-0.05, 0) is 35.7 Å². The number of nitrogens with one attached hydrogen (secondary N) is 1. The van der Waals surface area contributed by atoms with Crippen LogP contribution in [0.5, 0.6) is 0 Å². The zero-order valence-electron chi connectivity index (χ0n) is 14.0. The Morgan fingerprint density at radius 2 is 2.04 bits per heavy atom. The number of carbonyl (C=O) groups is 1. The summed E-state index contributed by atoms with van der Waals surface area (Å²) in [5, 5.41) is 21.9. The fraction of sp³-hybridized carbons (Fsp3) is 0.300. The number of hydrogen-bond donors (Lipinski definition) is 2. The summed E-state index contributed by atoms with van der Waals surface area (Å²) in [4.78, 5) is 14.3. The van der Waals surface area contributed by atoms with Gasteiger partial charge >= 0.3 is 0 Å². The van der Waals surface area contributed by atoms with Crippen LogP contribution in [0.1, 0.15) is 27.0 Å². The Kier molecular flexibility index (Phi) is 5.44. The third kappa shape index (κ3) is 4.44. The van der Waals surface area contributed by atoms with E-state index in [0.29, 0.717) is 17.7 Å². The van der Waals surface area contributed by atoms with Crippen molar-refractivity contribution in [1.29, 1.82) is 5.26 Å². The van der Waals surface area contributed by atoms with Crippen molar-refractivity contribution in [3.8, 4) is 6.07 Å². The van der Waals surface area contributed by atoms with Gasteiger partial charge in [-0.1, -0.05) is 30.3 Å². The second-order valence-electron chi connectivity index (χ2n) is 6.31. The molecule has 3 rings (SSSR count). The lowest BCUT2D eigenvalue weighted by Gasteiger charge is -2.30. The van der Waals surface area contributed by atoms with Crippen LogP contribution >= 0.6 is 0 Å². The predicted molar refractivity (Wildman–Crippen MR) is 94.9 cm³/mol. The maximum absolute atomic E-state index is 12.1. The maximum Gasteiger partial charge on any atom is 0.251 e. The van der Waals surface area contributed by atoms with Crippen molar-refractivity contribution < 1.29 is 9.90 Å². The van der Waals surface area contributed by atoms with E-state index in [9.17, 15) is 9.90 Å². The highest BCUT2D eigenvalue weighted by Gasteiger charge is 2.18. The van der Waals surface area contributed by atoms with Gasteiger partial charge in [0, 0.05) is 31.7 Å². The van der Waals surface area contributed by atoms with Crippen LogP contribution < -0.4 is 5.32 Å². The van der Waals surface area contributed by atoms with Gasteiger partial charge in [-0.15, -0.1) is 0 Å². The Balaban J connectivity index is 1.49. The van der Waals surface area contributed by atoms with Crippen molar-refractivity contribution in [1.82, 2.24) is 10.2 Å². The van der Waals surface area contributed by atoms with E-state index in [0.717, 1.165) is 19.5 Å². The molecule has 0 saturated carbocycles. The molecule has 128 valence electrons. The predicted octanol–water partition coefficient (Wildman–Crippen LogP) is 1.71. The Morgan fingerprint density at radius 1 is 1.24 bits per heavy atom. The summed E-state index contributed by atoms with van der Waals surface area (Å²) in [6, 6.07) is 16.9. The molecule has 1 heterocycles. The SMILES string of the molecule is N#Cc1cccc(C(=O)NCC(O)CN2CCc3ccccc3C2)c1. The lowest BCUT2D eigenvalue weighted by molar-refractivity contribution is 0.0842. The Hall–Kier alpha value is -2.68. The molecule has 2 aromatic rings. The van der Waals surface area contributed by atoms with Crippen LogP contribution in [0.3, 0.4) is 0 Å². The Morgan fingerprint density at radius 3 is 2.84 bits per heavy atom. The van der Waals surface area contributed by atoms with Crippen LogP contribution in [0.2, 0.25) is 0 Å². The number of benzene rings is 2. The molecule has 0 aliphatic carbocycles. The quantitative estimate of drug-likeness (QED) is 0.872. The number of nitrogens with zero attached hydrogens (tertiary/aromatic N) is 2. The van der Waals surface area contributed by atoms with Crippen molar-refractivity contribution >= 4 is 5.91 Å². The molecule has 0 spiro atoms. The number of amides is 1. The minimum Gasteiger partial charge on any atom is -0.390 e. The first kappa shape index (κ1) is 17.2. The van der Waals surface area contributed by atoms with Gasteiger partial charge in [-0.2, -0.15) is 5.26 Å². The summed E-state index contributed by atoms with van der Waals surface area (Å²) in [7, 11) is 0. The van der Waals surface area contributed by atoms with E-state index in [1.54, 1.807) is 24.3 Å². The van der Waals surface area contributed by atoms with Crippen molar-refractivity contribution in [2.45, 2.75) is 19.1 Å². The molecule has 5 nitrogen and oxygen atoms in total. The fourth-order valence-corrected chi connectivity index (χ4v) is 3.12. The molecule has 0 radical (unpaired) electrons. The van der Waals surface area contributed by atoms with Crippen LogP contribution in [0, 0.1) is 11.3 Å². The standard InChI is InChI=1S/C20H21N3O2/c21-11-15-4-3-7-17(10-15)20(25)22-12-19(24)14-23-9-8-16-5-1-2-6-18(16)13-23/h1-7,10,19,24H,8-9,12-14H2,(H,22,25). The maximum atomic E-state index is 12.1. The molecule has 0 aromatic heterocycles. The molecular weight excluding hydrogens is 314 g/mol. The summed E-state index contributed by atoms with van der Waals surface area (Å²) in [5.74, 6) is -0.278. The summed E-state index contributed by atoms with van der Waals surface area (Å²) in [6.07, 6.45) is 0.351. The molecule has 1 aliphatic rings. The Bertz CT molecular complexity index is 798. The molecule has 2 N–H and O–H groups in total. The molecular formula is C20H21N3O2. The molecule has 1 aliphatic heterocycles. The van der Waals surface area contributed by atoms with Crippen LogP contribution in [-0.2, 0) is 13.0 Å². The highest BCUT2D eigenvalue weighted by molar-refractivity contribution is 5.94. The van der Waals surface area contributed by atoms with Crippen LogP contribution in [0.25, 0.3) is 0 Å². The van der Waals surface area contributed by atoms with Gasteiger partial charge in [-0.25, -0.2) is 0 Å². The first-order chi connectivity index (χ1) is 12.2. The van der Waals surface area contributed by atoms with Crippen molar-refractivity contribution in [3.05, 3.63) is 70.8 Å². The zero-order chi connectivity index (χ0) is 17.6. The van der Waals surface area contributed by atoms with Gasteiger partial charge in [0.25, 0.3) is 5.91 Å². The minimum absolute atomic E-state index is 0.188. The normalized spacial score (nSPS) is 15.0. The lowest BCUT2D eigenvalue weighted by atomic mass is 10.00. The first-order valence-corrected chi connectivity index (χ1v) is 8.41. The molecule has 5 heteroatoms. The number of aliphatic hydroxyl groups is 1. The number of rotatable bonds is 5. The molecule has 0 fully saturated rings. The number of fused-ring (bicyclic) bond motifs is 1. The van der Waals surface area contributed by atoms with Gasteiger partial charge < -0.3 is 10.4 Å². The summed E-state index contributed by atoms with van der Waals surface area (Å²) < 4.78 is 0. The molecule has 1 atom stereocenters. The van der Waals surface area contributed by atoms with E-state index in [2.05, 4.69) is 28.4 Å². The van der Waals surface area contributed by atoms with E-state index < -0.39 is 6.10 Å². The van der Waals surface area contributed by atoms with E-state index >= 15 is 0 Å². The van der Waals surface area contributed by atoms with E-state index in [1.165, 1.54) is 11.1 Å².